The van der Waals surface area contributed by atoms with E-state index >= 15 is 0 Å². The smallest absolute Gasteiger partial charge is 0.0483 e. The Morgan fingerprint density at radius 2 is 1.94 bits per heavy atom. The van der Waals surface area contributed by atoms with Gasteiger partial charge in [-0.1, -0.05) is 38.8 Å². The van der Waals surface area contributed by atoms with Crippen molar-refractivity contribution in [3.63, 3.8) is 0 Å². The number of nitrogens with zero attached hydrogens (tertiary/aromatic N) is 1. The zero-order valence-corrected chi connectivity index (χ0v) is 10.8. The average molecular weight is 230 g/mol. The molecule has 2 nitrogen and oxygen atoms in total. The average Bonchev–Trinajstić information content (AvgIpc) is 2.79. The Balaban J connectivity index is 2.36. The Morgan fingerprint density at radius 1 is 1.18 bits per heavy atom. The van der Waals surface area contributed by atoms with Gasteiger partial charge in [0.25, 0.3) is 0 Å². The van der Waals surface area contributed by atoms with Crippen LogP contribution in [0.3, 0.4) is 0 Å². The first kappa shape index (κ1) is 12.2. The molecule has 2 heteroatoms. The van der Waals surface area contributed by atoms with Gasteiger partial charge in [0.15, 0.2) is 0 Å². The molecule has 0 saturated heterocycles. The van der Waals surface area contributed by atoms with E-state index in [4.69, 9.17) is 5.73 Å². The van der Waals surface area contributed by atoms with E-state index < -0.39 is 0 Å². The molecule has 0 saturated carbocycles. The van der Waals surface area contributed by atoms with Crippen LogP contribution in [0, 0.1) is 5.92 Å². The van der Waals surface area contributed by atoms with Crippen molar-refractivity contribution in [3.8, 4) is 0 Å². The summed E-state index contributed by atoms with van der Waals surface area (Å²) < 4.78 is 2.37. The molecule has 92 valence electrons. The van der Waals surface area contributed by atoms with Gasteiger partial charge in [-0.2, -0.15) is 0 Å². The Hall–Kier alpha value is -1.28. The number of aromatic nitrogens is 1. The van der Waals surface area contributed by atoms with Gasteiger partial charge in [-0.25, -0.2) is 0 Å². The lowest BCUT2D eigenvalue weighted by Crippen LogP contribution is -2.08. The van der Waals surface area contributed by atoms with Crippen LogP contribution in [-0.2, 0) is 13.1 Å². The summed E-state index contributed by atoms with van der Waals surface area (Å²) in [6.45, 7) is 6.27. The van der Waals surface area contributed by atoms with Gasteiger partial charge in [0, 0.05) is 30.2 Å². The fraction of sp³-hybridized carbons (Fsp3) is 0.467. The van der Waals surface area contributed by atoms with Crippen LogP contribution in [0.25, 0.3) is 10.9 Å². The Kier molecular flexibility index (Phi) is 3.85. The van der Waals surface area contributed by atoms with E-state index in [0.29, 0.717) is 6.54 Å². The molecule has 0 aliphatic rings. The third-order valence-electron chi connectivity index (χ3n) is 3.73. The van der Waals surface area contributed by atoms with Gasteiger partial charge in [0.05, 0.1) is 0 Å². The zero-order chi connectivity index (χ0) is 12.3. The SMILES string of the molecule is CCC(CC)Cn1ccc2c(CN)cccc21. The number of benzene rings is 1. The Bertz CT molecular complexity index is 481. The van der Waals surface area contributed by atoms with Gasteiger partial charge in [-0.05, 0) is 23.6 Å². The van der Waals surface area contributed by atoms with Gasteiger partial charge in [-0.15, -0.1) is 0 Å². The quantitative estimate of drug-likeness (QED) is 0.837. The molecule has 0 spiro atoms. The molecular formula is C15H22N2. The molecule has 0 aliphatic heterocycles. The summed E-state index contributed by atoms with van der Waals surface area (Å²) in [4.78, 5) is 0. The molecule has 0 unspecified atom stereocenters. The second-order valence-corrected chi connectivity index (χ2v) is 4.70. The Labute approximate surface area is 103 Å². The van der Waals surface area contributed by atoms with Gasteiger partial charge in [-0.3, -0.25) is 0 Å². The summed E-state index contributed by atoms with van der Waals surface area (Å²) in [6, 6.07) is 8.61. The minimum absolute atomic E-state index is 0.617. The van der Waals surface area contributed by atoms with E-state index in [1.165, 1.54) is 29.3 Å². The van der Waals surface area contributed by atoms with Crippen LogP contribution in [0.5, 0.6) is 0 Å². The first-order valence-corrected chi connectivity index (χ1v) is 6.56. The zero-order valence-electron chi connectivity index (χ0n) is 10.8. The van der Waals surface area contributed by atoms with Crippen LogP contribution in [0.1, 0.15) is 32.3 Å². The molecule has 0 aliphatic carbocycles. The third kappa shape index (κ3) is 2.37. The number of rotatable bonds is 5. The third-order valence-corrected chi connectivity index (χ3v) is 3.73. The van der Waals surface area contributed by atoms with Gasteiger partial charge in [0.2, 0.25) is 0 Å². The molecule has 0 amide bonds. The molecule has 0 radical (unpaired) electrons. The Morgan fingerprint density at radius 3 is 2.59 bits per heavy atom. The van der Waals surface area contributed by atoms with Crippen LogP contribution in [0.2, 0.25) is 0 Å². The van der Waals surface area contributed by atoms with Crippen LogP contribution < -0.4 is 5.73 Å². The summed E-state index contributed by atoms with van der Waals surface area (Å²) >= 11 is 0. The van der Waals surface area contributed by atoms with Crippen molar-refractivity contribution in [1.82, 2.24) is 4.57 Å². The van der Waals surface area contributed by atoms with Crippen LogP contribution >= 0.6 is 0 Å². The molecule has 0 fully saturated rings. The largest absolute Gasteiger partial charge is 0.347 e. The maximum absolute atomic E-state index is 5.77. The van der Waals surface area contributed by atoms with E-state index in [1.54, 1.807) is 0 Å². The van der Waals surface area contributed by atoms with Crippen molar-refractivity contribution in [3.05, 3.63) is 36.0 Å². The second-order valence-electron chi connectivity index (χ2n) is 4.70. The number of hydrogen-bond acceptors (Lipinski definition) is 1. The van der Waals surface area contributed by atoms with Crippen molar-refractivity contribution in [2.24, 2.45) is 11.7 Å². The normalized spacial score (nSPS) is 11.5. The van der Waals surface area contributed by atoms with Crippen LogP contribution in [0.4, 0.5) is 0 Å². The molecule has 1 heterocycles. The highest BCUT2D eigenvalue weighted by Crippen LogP contribution is 2.22. The van der Waals surface area contributed by atoms with Gasteiger partial charge in [0.1, 0.15) is 0 Å². The maximum atomic E-state index is 5.77. The summed E-state index contributed by atoms with van der Waals surface area (Å²) in [6.07, 6.45) is 4.68. The molecule has 2 aromatic rings. The lowest BCUT2D eigenvalue weighted by atomic mass is 10.0. The first-order chi connectivity index (χ1) is 8.30. The minimum Gasteiger partial charge on any atom is -0.347 e. The summed E-state index contributed by atoms with van der Waals surface area (Å²) in [5.41, 5.74) is 8.33. The monoisotopic (exact) mass is 230 g/mol. The molecule has 2 rings (SSSR count). The summed E-state index contributed by atoms with van der Waals surface area (Å²) in [5, 5.41) is 1.31. The number of hydrogen-bond donors (Lipinski definition) is 1. The fourth-order valence-corrected chi connectivity index (χ4v) is 2.45. The molecule has 1 aromatic heterocycles. The molecular weight excluding hydrogens is 208 g/mol. The number of nitrogens with two attached hydrogens (primary N) is 1. The van der Waals surface area contributed by atoms with Crippen molar-refractivity contribution in [1.29, 1.82) is 0 Å². The molecule has 2 N–H and O–H groups in total. The van der Waals surface area contributed by atoms with Crippen LogP contribution in [-0.4, -0.2) is 4.57 Å². The standard InChI is InChI=1S/C15H22N2/c1-3-12(4-2)11-17-9-8-14-13(10-16)6-5-7-15(14)17/h5-9,12H,3-4,10-11,16H2,1-2H3. The second kappa shape index (κ2) is 5.37. The van der Waals surface area contributed by atoms with Crippen LogP contribution in [0.15, 0.2) is 30.5 Å². The van der Waals surface area contributed by atoms with E-state index in [-0.39, 0.29) is 0 Å². The van der Waals surface area contributed by atoms with E-state index in [9.17, 15) is 0 Å². The van der Waals surface area contributed by atoms with E-state index in [2.05, 4.69) is 48.9 Å². The highest BCUT2D eigenvalue weighted by atomic mass is 15.0. The minimum atomic E-state index is 0.617. The molecule has 1 aromatic carbocycles. The number of fused-ring (bicyclic) bond motifs is 1. The topological polar surface area (TPSA) is 30.9 Å². The van der Waals surface area contributed by atoms with E-state index in [1.807, 2.05) is 0 Å². The molecule has 0 bridgehead atoms. The van der Waals surface area contributed by atoms with E-state index in [0.717, 1.165) is 12.5 Å². The van der Waals surface area contributed by atoms with Crippen molar-refractivity contribution < 1.29 is 0 Å². The predicted octanol–water partition coefficient (Wildman–Crippen LogP) is 3.54. The first-order valence-electron chi connectivity index (χ1n) is 6.56. The molecule has 17 heavy (non-hydrogen) atoms. The van der Waals surface area contributed by atoms with Crippen molar-refractivity contribution >= 4 is 10.9 Å². The van der Waals surface area contributed by atoms with Crippen molar-refractivity contribution in [2.45, 2.75) is 39.8 Å². The lowest BCUT2D eigenvalue weighted by molar-refractivity contribution is 0.425. The lowest BCUT2D eigenvalue weighted by Gasteiger charge is -2.14. The molecule has 0 atom stereocenters. The highest BCUT2D eigenvalue weighted by molar-refractivity contribution is 5.83. The van der Waals surface area contributed by atoms with Gasteiger partial charge < -0.3 is 10.3 Å². The predicted molar refractivity (Wildman–Crippen MR) is 73.9 cm³/mol. The maximum Gasteiger partial charge on any atom is 0.0483 e. The summed E-state index contributed by atoms with van der Waals surface area (Å²) in [7, 11) is 0. The van der Waals surface area contributed by atoms with Crippen molar-refractivity contribution in [2.75, 3.05) is 0 Å². The van der Waals surface area contributed by atoms with Gasteiger partial charge >= 0.3 is 0 Å². The highest BCUT2D eigenvalue weighted by Gasteiger charge is 2.08. The summed E-state index contributed by atoms with van der Waals surface area (Å²) in [5.74, 6) is 0.770. The fourth-order valence-electron chi connectivity index (χ4n) is 2.45.